The molecule has 0 spiro atoms. The Bertz CT molecular complexity index is 919. The highest BCUT2D eigenvalue weighted by Gasteiger charge is 2.25. The Morgan fingerprint density at radius 2 is 2.04 bits per heavy atom. The van der Waals surface area contributed by atoms with Crippen LogP contribution in [0.25, 0.3) is 11.0 Å². The standard InChI is InChI=1S/C20H26N6O/c1-14(2)17-13-18(22-21-17)15-7-10-25(11-8-15)20(27)9-12-26-19-6-4-3-5-16(19)23-24-26/h3-6,13-15H,7-12H2,1-2H3,(H,21,22). The monoisotopic (exact) mass is 366 g/mol. The summed E-state index contributed by atoms with van der Waals surface area (Å²) in [6, 6.07) is 10.0. The lowest BCUT2D eigenvalue weighted by Crippen LogP contribution is -2.38. The first-order valence-corrected chi connectivity index (χ1v) is 9.73. The SMILES string of the molecule is CC(C)c1cc(C2CCN(C(=O)CCn3nnc4ccccc43)CC2)[nH]n1. The minimum absolute atomic E-state index is 0.195. The van der Waals surface area contributed by atoms with E-state index >= 15 is 0 Å². The predicted molar refractivity (Wildman–Crippen MR) is 103 cm³/mol. The minimum atomic E-state index is 0.195. The third kappa shape index (κ3) is 3.72. The van der Waals surface area contributed by atoms with E-state index in [1.807, 2.05) is 33.8 Å². The van der Waals surface area contributed by atoms with Gasteiger partial charge in [-0.25, -0.2) is 4.68 Å². The number of rotatable bonds is 5. The third-order valence-corrected chi connectivity index (χ3v) is 5.45. The number of H-pyrrole nitrogens is 1. The van der Waals surface area contributed by atoms with Crippen LogP contribution in [0.5, 0.6) is 0 Å². The molecule has 0 radical (unpaired) electrons. The van der Waals surface area contributed by atoms with E-state index in [-0.39, 0.29) is 5.91 Å². The highest BCUT2D eigenvalue weighted by molar-refractivity contribution is 5.77. The second-order valence-corrected chi connectivity index (χ2v) is 7.61. The zero-order valence-corrected chi connectivity index (χ0v) is 15.9. The van der Waals surface area contributed by atoms with E-state index in [4.69, 9.17) is 0 Å². The van der Waals surface area contributed by atoms with Crippen molar-refractivity contribution in [2.24, 2.45) is 0 Å². The van der Waals surface area contributed by atoms with Crippen LogP contribution in [0, 0.1) is 0 Å². The Kier molecular flexibility index (Phi) is 4.92. The topological polar surface area (TPSA) is 79.7 Å². The maximum atomic E-state index is 12.6. The van der Waals surface area contributed by atoms with Crippen LogP contribution in [-0.2, 0) is 11.3 Å². The van der Waals surface area contributed by atoms with E-state index in [1.54, 1.807) is 0 Å². The predicted octanol–water partition coefficient (Wildman–Crippen LogP) is 3.07. The molecule has 1 aromatic carbocycles. The van der Waals surface area contributed by atoms with Gasteiger partial charge in [0.1, 0.15) is 5.52 Å². The number of para-hydroxylation sites is 1. The van der Waals surface area contributed by atoms with Gasteiger partial charge in [-0.3, -0.25) is 9.89 Å². The van der Waals surface area contributed by atoms with E-state index in [9.17, 15) is 4.79 Å². The molecule has 0 saturated carbocycles. The van der Waals surface area contributed by atoms with Crippen LogP contribution in [0.3, 0.4) is 0 Å². The molecule has 1 aliphatic heterocycles. The van der Waals surface area contributed by atoms with Crippen molar-refractivity contribution >= 4 is 16.9 Å². The van der Waals surface area contributed by atoms with E-state index < -0.39 is 0 Å². The molecule has 3 heterocycles. The largest absolute Gasteiger partial charge is 0.343 e. The van der Waals surface area contributed by atoms with Gasteiger partial charge in [0.05, 0.1) is 17.8 Å². The zero-order valence-electron chi connectivity index (χ0n) is 15.9. The lowest BCUT2D eigenvalue weighted by molar-refractivity contribution is -0.132. The number of hydrogen-bond acceptors (Lipinski definition) is 4. The highest BCUT2D eigenvalue weighted by Crippen LogP contribution is 2.28. The second kappa shape index (κ2) is 7.50. The first-order valence-electron chi connectivity index (χ1n) is 9.73. The Morgan fingerprint density at radius 3 is 2.78 bits per heavy atom. The van der Waals surface area contributed by atoms with E-state index in [2.05, 4.69) is 40.4 Å². The van der Waals surface area contributed by atoms with Gasteiger partial charge in [-0.1, -0.05) is 31.2 Å². The van der Waals surface area contributed by atoms with Crippen LogP contribution in [-0.4, -0.2) is 49.1 Å². The number of benzene rings is 1. The molecule has 2 aromatic heterocycles. The van der Waals surface area contributed by atoms with Crippen LogP contribution in [0.1, 0.15) is 56.3 Å². The average molecular weight is 366 g/mol. The van der Waals surface area contributed by atoms with Crippen molar-refractivity contribution in [1.82, 2.24) is 30.1 Å². The fourth-order valence-electron chi connectivity index (χ4n) is 3.74. The van der Waals surface area contributed by atoms with Crippen molar-refractivity contribution in [3.8, 4) is 0 Å². The van der Waals surface area contributed by atoms with Gasteiger partial charge in [0, 0.05) is 31.1 Å². The number of aromatic amines is 1. The zero-order chi connectivity index (χ0) is 18.8. The highest BCUT2D eigenvalue weighted by atomic mass is 16.2. The van der Waals surface area contributed by atoms with Crippen LogP contribution in [0.15, 0.2) is 30.3 Å². The van der Waals surface area contributed by atoms with Crippen molar-refractivity contribution < 1.29 is 4.79 Å². The average Bonchev–Trinajstić information content (AvgIpc) is 3.34. The summed E-state index contributed by atoms with van der Waals surface area (Å²) in [6.45, 7) is 6.48. The van der Waals surface area contributed by atoms with Gasteiger partial charge < -0.3 is 4.90 Å². The van der Waals surface area contributed by atoms with Crippen molar-refractivity contribution in [3.63, 3.8) is 0 Å². The first kappa shape index (κ1) is 17.7. The summed E-state index contributed by atoms with van der Waals surface area (Å²) in [6.07, 6.45) is 2.43. The fraction of sp³-hybridized carbons (Fsp3) is 0.500. The normalized spacial score (nSPS) is 15.7. The molecule has 1 amide bonds. The third-order valence-electron chi connectivity index (χ3n) is 5.45. The number of carbonyl (C=O) groups excluding carboxylic acids is 1. The molecule has 0 atom stereocenters. The fourth-order valence-corrected chi connectivity index (χ4v) is 3.74. The van der Waals surface area contributed by atoms with Gasteiger partial charge in [0.25, 0.3) is 0 Å². The van der Waals surface area contributed by atoms with Gasteiger partial charge in [0.2, 0.25) is 5.91 Å². The second-order valence-electron chi connectivity index (χ2n) is 7.61. The first-order chi connectivity index (χ1) is 13.1. The Labute approximate surface area is 158 Å². The number of aromatic nitrogens is 5. The van der Waals surface area contributed by atoms with Crippen LogP contribution < -0.4 is 0 Å². The summed E-state index contributed by atoms with van der Waals surface area (Å²) < 4.78 is 1.82. The number of hydrogen-bond donors (Lipinski definition) is 1. The molecule has 1 aliphatic rings. The lowest BCUT2D eigenvalue weighted by Gasteiger charge is -2.31. The van der Waals surface area contributed by atoms with Crippen molar-refractivity contribution in [2.75, 3.05) is 13.1 Å². The smallest absolute Gasteiger partial charge is 0.224 e. The molecule has 27 heavy (non-hydrogen) atoms. The number of nitrogens with one attached hydrogen (secondary N) is 1. The molecule has 7 heteroatoms. The maximum absolute atomic E-state index is 12.6. The number of carbonyl (C=O) groups is 1. The molecule has 0 unspecified atom stereocenters. The molecule has 1 fully saturated rings. The van der Waals surface area contributed by atoms with E-state index in [0.717, 1.165) is 42.7 Å². The number of nitrogens with zero attached hydrogens (tertiary/aromatic N) is 5. The Balaban J connectivity index is 1.30. The maximum Gasteiger partial charge on any atom is 0.224 e. The van der Waals surface area contributed by atoms with Gasteiger partial charge in [-0.05, 0) is 37.0 Å². The van der Waals surface area contributed by atoms with Crippen molar-refractivity contribution in [2.45, 2.75) is 51.5 Å². The quantitative estimate of drug-likeness (QED) is 0.752. The van der Waals surface area contributed by atoms with Gasteiger partial charge >= 0.3 is 0 Å². The summed E-state index contributed by atoms with van der Waals surface area (Å²) >= 11 is 0. The molecular weight excluding hydrogens is 340 g/mol. The summed E-state index contributed by atoms with van der Waals surface area (Å²) in [4.78, 5) is 14.6. The van der Waals surface area contributed by atoms with Gasteiger partial charge in [0.15, 0.2) is 0 Å². The number of piperidine rings is 1. The molecule has 142 valence electrons. The molecule has 3 aromatic rings. The van der Waals surface area contributed by atoms with E-state index in [0.29, 0.717) is 24.8 Å². The minimum Gasteiger partial charge on any atom is -0.343 e. The summed E-state index contributed by atoms with van der Waals surface area (Å²) in [5.41, 5.74) is 4.17. The summed E-state index contributed by atoms with van der Waals surface area (Å²) in [5.74, 6) is 1.10. The number of aryl methyl sites for hydroxylation is 1. The number of likely N-dealkylation sites (tertiary alicyclic amines) is 1. The molecule has 0 bridgehead atoms. The number of amides is 1. The molecule has 7 nitrogen and oxygen atoms in total. The molecule has 4 rings (SSSR count). The Hall–Kier alpha value is -2.70. The van der Waals surface area contributed by atoms with Crippen LogP contribution >= 0.6 is 0 Å². The van der Waals surface area contributed by atoms with Gasteiger partial charge in [-0.2, -0.15) is 5.10 Å². The van der Waals surface area contributed by atoms with Crippen LogP contribution in [0.2, 0.25) is 0 Å². The lowest BCUT2D eigenvalue weighted by atomic mass is 9.93. The van der Waals surface area contributed by atoms with Crippen molar-refractivity contribution in [3.05, 3.63) is 41.7 Å². The summed E-state index contributed by atoms with van der Waals surface area (Å²) in [7, 11) is 0. The molecule has 0 aliphatic carbocycles. The Morgan fingerprint density at radius 1 is 1.26 bits per heavy atom. The molecular formula is C20H26N6O. The number of fused-ring (bicyclic) bond motifs is 1. The summed E-state index contributed by atoms with van der Waals surface area (Å²) in [5, 5.41) is 15.9. The van der Waals surface area contributed by atoms with Crippen molar-refractivity contribution in [1.29, 1.82) is 0 Å². The van der Waals surface area contributed by atoms with Crippen LogP contribution in [0.4, 0.5) is 0 Å². The molecule has 1 N–H and O–H groups in total. The van der Waals surface area contributed by atoms with Gasteiger partial charge in [-0.15, -0.1) is 5.10 Å². The molecule has 1 saturated heterocycles. The van der Waals surface area contributed by atoms with E-state index in [1.165, 1.54) is 5.69 Å².